The topological polar surface area (TPSA) is 320 Å². The summed E-state index contributed by atoms with van der Waals surface area (Å²) in [5.74, 6) is -1.29. The highest BCUT2D eigenvalue weighted by atomic mass is 16.7. The summed E-state index contributed by atoms with van der Waals surface area (Å²) in [5, 5.41) is 9.27. The number of imide groups is 1. The summed E-state index contributed by atoms with van der Waals surface area (Å²) in [7, 11) is 0. The van der Waals surface area contributed by atoms with Gasteiger partial charge in [-0.2, -0.15) is 0 Å². The van der Waals surface area contributed by atoms with Gasteiger partial charge in [0, 0.05) is 73.7 Å². The molecule has 450 valence electrons. The zero-order chi connectivity index (χ0) is 58.1. The minimum Gasteiger partial charge on any atom is -0.447 e. The number of alkyl carbamates (subject to hydrolysis) is 1. The number of aliphatic imine (C=N–C) groups is 1. The molecule has 0 spiro atoms. The van der Waals surface area contributed by atoms with Gasteiger partial charge >= 0.3 is 6.09 Å². The fraction of sp³-hybridized carbons (Fsp3) is 0.611. The fourth-order valence-corrected chi connectivity index (χ4v) is 7.02. The van der Waals surface area contributed by atoms with Crippen molar-refractivity contribution in [3.05, 3.63) is 59.7 Å². The summed E-state index contributed by atoms with van der Waals surface area (Å²) in [4.78, 5) is 92.6. The van der Waals surface area contributed by atoms with E-state index >= 15 is 0 Å². The molecule has 0 unspecified atom stereocenters. The van der Waals surface area contributed by atoms with Crippen LogP contribution in [0.25, 0.3) is 17.2 Å². The fourth-order valence-electron chi connectivity index (χ4n) is 7.02. The van der Waals surface area contributed by atoms with Gasteiger partial charge in [0.25, 0.3) is 17.7 Å². The van der Waals surface area contributed by atoms with Crippen molar-refractivity contribution in [2.45, 2.75) is 52.7 Å². The van der Waals surface area contributed by atoms with E-state index in [-0.39, 0.29) is 82.6 Å². The highest BCUT2D eigenvalue weighted by molar-refractivity contribution is 6.14. The lowest BCUT2D eigenvalue weighted by atomic mass is 10.0. The number of benzene rings is 1. The first-order valence-electron chi connectivity index (χ1n) is 27.2. The predicted octanol–water partition coefficient (Wildman–Crippen LogP) is 1.44. The van der Waals surface area contributed by atoms with Crippen LogP contribution in [-0.4, -0.2) is 232 Å². The van der Waals surface area contributed by atoms with E-state index in [0.717, 1.165) is 28.2 Å². The van der Waals surface area contributed by atoms with Crippen LogP contribution in [0.5, 0.6) is 0 Å². The highest BCUT2D eigenvalue weighted by Crippen LogP contribution is 2.32. The van der Waals surface area contributed by atoms with E-state index in [1.54, 1.807) is 32.3 Å². The monoisotopic (exact) mass is 1140 g/mol. The van der Waals surface area contributed by atoms with Crippen LogP contribution in [0.15, 0.2) is 53.3 Å². The van der Waals surface area contributed by atoms with E-state index in [0.29, 0.717) is 155 Å². The number of carbonyl (C=O) groups excluding carboxylic acids is 6. The maximum Gasteiger partial charge on any atom is 0.407 e. The Balaban J connectivity index is 0.883. The van der Waals surface area contributed by atoms with Crippen LogP contribution in [0.2, 0.25) is 0 Å². The molecule has 2 aromatic rings. The molecule has 0 radical (unpaired) electrons. The van der Waals surface area contributed by atoms with Crippen molar-refractivity contribution in [3.63, 3.8) is 0 Å². The molecule has 27 nitrogen and oxygen atoms in total. The van der Waals surface area contributed by atoms with Crippen molar-refractivity contribution in [2.75, 3.05) is 165 Å². The van der Waals surface area contributed by atoms with E-state index in [1.807, 2.05) is 25.1 Å². The summed E-state index contributed by atoms with van der Waals surface area (Å²) in [6.45, 7) is 14.0. The standard InChI is InChI=1S/C54H81N9O18/c1-4-12-63(80-15-11-57-54(69)81-41(2)3)53(68)44-34-43-6-5-42(35-46(43)61-47(55)36-44)45-37-58-48(59-38-45)39-60-49(64)9-13-70-16-18-72-20-22-74-24-26-76-28-30-78-32-33-79-31-29-77-27-25-75-23-21-73-19-17-71-14-10-56-50(65)40-62-51(66)7-8-52(62)67/h5-8,34-35,37-38,41H,4,9-33,36,39-40H2,1-3H3,(H2,55,61)(H,56,65)(H,57,69)(H,60,64). The number of hydrogen-bond acceptors (Lipinski definition) is 22. The lowest BCUT2D eigenvalue weighted by Gasteiger charge is -2.22. The van der Waals surface area contributed by atoms with Gasteiger partial charge in [0.2, 0.25) is 11.8 Å². The second kappa shape index (κ2) is 41.6. The van der Waals surface area contributed by atoms with Crippen molar-refractivity contribution in [1.29, 1.82) is 0 Å². The number of amides is 6. The van der Waals surface area contributed by atoms with Gasteiger partial charge in [0.1, 0.15) is 18.2 Å². The number of nitrogens with zero attached hydrogens (tertiary/aromatic N) is 5. The van der Waals surface area contributed by atoms with E-state index < -0.39 is 23.8 Å². The van der Waals surface area contributed by atoms with Gasteiger partial charge in [-0.25, -0.2) is 24.8 Å². The molecule has 3 heterocycles. The Bertz CT molecular complexity index is 2270. The van der Waals surface area contributed by atoms with Crippen LogP contribution < -0.4 is 21.7 Å². The Hall–Kier alpha value is -6.37. The number of aromatic nitrogens is 2. The average Bonchev–Trinajstić information content (AvgIpc) is 3.68. The van der Waals surface area contributed by atoms with Gasteiger partial charge in [-0.3, -0.25) is 33.7 Å². The highest BCUT2D eigenvalue weighted by Gasteiger charge is 2.26. The third kappa shape index (κ3) is 29.8. The van der Waals surface area contributed by atoms with Gasteiger partial charge < -0.3 is 73.8 Å². The van der Waals surface area contributed by atoms with Crippen molar-refractivity contribution >= 4 is 53.2 Å². The SMILES string of the molecule is CCCN(OCCNC(=O)OC(C)C)C(=O)C1=Cc2ccc(-c3cnc(CNC(=O)CCOCCOCCOCCOCCOCCOCCOCCOCCOCCOCCNC(=O)CN4C(=O)C=CC4=O)nc3)cc2N=C(N)C1. The molecule has 81 heavy (non-hydrogen) atoms. The Labute approximate surface area is 472 Å². The van der Waals surface area contributed by atoms with Gasteiger partial charge in [-0.05, 0) is 38.0 Å². The quantitative estimate of drug-likeness (QED) is 0.0414. The molecular formula is C54H81N9O18. The van der Waals surface area contributed by atoms with E-state index in [2.05, 4.69) is 30.9 Å². The normalized spacial score (nSPS) is 13.0. The van der Waals surface area contributed by atoms with Crippen LogP contribution in [0.1, 0.15) is 51.4 Å². The summed E-state index contributed by atoms with van der Waals surface area (Å²) < 4.78 is 59.9. The first kappa shape index (κ1) is 67.1. The van der Waals surface area contributed by atoms with Crippen molar-refractivity contribution in [3.8, 4) is 11.1 Å². The molecule has 0 bridgehead atoms. The van der Waals surface area contributed by atoms with Crippen LogP contribution in [-0.2, 0) is 87.5 Å². The Morgan fingerprint density at radius 3 is 1.63 bits per heavy atom. The van der Waals surface area contributed by atoms with Crippen LogP contribution in [0.4, 0.5) is 10.5 Å². The zero-order valence-electron chi connectivity index (χ0n) is 46.9. The maximum absolute atomic E-state index is 13.6. The third-order valence-electron chi connectivity index (χ3n) is 11.0. The minimum atomic E-state index is -0.559. The lowest BCUT2D eigenvalue weighted by molar-refractivity contribution is -0.181. The predicted molar refractivity (Wildman–Crippen MR) is 292 cm³/mol. The van der Waals surface area contributed by atoms with E-state index in [1.165, 1.54) is 5.06 Å². The van der Waals surface area contributed by atoms with Crippen molar-refractivity contribution < 1.29 is 85.7 Å². The van der Waals surface area contributed by atoms with E-state index in [4.69, 9.17) is 62.7 Å². The molecule has 4 rings (SSSR count). The summed E-state index contributed by atoms with van der Waals surface area (Å²) >= 11 is 0. The molecule has 0 fully saturated rings. The molecule has 2 aliphatic heterocycles. The molecular weight excluding hydrogens is 1060 g/mol. The van der Waals surface area contributed by atoms with Gasteiger partial charge in [0.15, 0.2) is 0 Å². The van der Waals surface area contributed by atoms with Gasteiger partial charge in [-0.15, -0.1) is 0 Å². The van der Waals surface area contributed by atoms with Crippen molar-refractivity contribution in [2.24, 2.45) is 10.7 Å². The Kier molecular flexibility index (Phi) is 34.5. The number of rotatable bonds is 46. The summed E-state index contributed by atoms with van der Waals surface area (Å²) in [6.07, 6.45) is 7.47. The number of nitrogens with two attached hydrogens (primary N) is 1. The Morgan fingerprint density at radius 1 is 0.630 bits per heavy atom. The maximum atomic E-state index is 13.6. The third-order valence-corrected chi connectivity index (χ3v) is 11.0. The van der Waals surface area contributed by atoms with Crippen LogP contribution in [0.3, 0.4) is 0 Å². The number of ether oxygens (including phenoxy) is 11. The molecule has 5 N–H and O–H groups in total. The van der Waals surface area contributed by atoms with Crippen LogP contribution >= 0.6 is 0 Å². The number of nitrogens with one attached hydrogen (secondary N) is 3. The number of hydroxylamine groups is 2. The minimum absolute atomic E-state index is 0.0712. The molecule has 6 amide bonds. The number of hydrogen-bond donors (Lipinski definition) is 4. The van der Waals surface area contributed by atoms with Crippen LogP contribution in [0, 0.1) is 0 Å². The lowest BCUT2D eigenvalue weighted by Crippen LogP contribution is -2.41. The molecule has 0 atom stereocenters. The molecule has 0 saturated heterocycles. The number of carbonyl (C=O) groups is 6. The first-order valence-corrected chi connectivity index (χ1v) is 27.2. The second-order valence-corrected chi connectivity index (χ2v) is 17.8. The van der Waals surface area contributed by atoms with Gasteiger partial charge in [-0.1, -0.05) is 19.1 Å². The van der Waals surface area contributed by atoms with E-state index in [9.17, 15) is 28.8 Å². The Morgan fingerprint density at radius 2 is 1.12 bits per heavy atom. The molecule has 1 aromatic carbocycles. The summed E-state index contributed by atoms with van der Waals surface area (Å²) in [6, 6.07) is 5.58. The molecule has 1 aromatic heterocycles. The molecule has 0 aliphatic carbocycles. The van der Waals surface area contributed by atoms with Crippen molar-refractivity contribution in [1.82, 2.24) is 35.9 Å². The second-order valence-electron chi connectivity index (χ2n) is 17.8. The molecule has 0 saturated carbocycles. The number of amidine groups is 1. The van der Waals surface area contributed by atoms with Gasteiger partial charge in [0.05, 0.1) is 157 Å². The largest absolute Gasteiger partial charge is 0.447 e. The smallest absolute Gasteiger partial charge is 0.407 e. The first-order chi connectivity index (χ1) is 39.4. The molecule has 2 aliphatic rings. The number of fused-ring (bicyclic) bond motifs is 1. The average molecular weight is 1140 g/mol. The summed E-state index contributed by atoms with van der Waals surface area (Å²) in [5.41, 5.74) is 9.50. The molecule has 27 heteroatoms. The zero-order valence-corrected chi connectivity index (χ0v) is 46.9.